The van der Waals surface area contributed by atoms with Crippen molar-refractivity contribution in [2.45, 2.75) is 13.8 Å². The summed E-state index contributed by atoms with van der Waals surface area (Å²) in [6.45, 7) is 3.45. The number of nitrogens with one attached hydrogen (secondary N) is 1. The van der Waals surface area contributed by atoms with Crippen LogP contribution in [0, 0.1) is 6.92 Å². The number of thiophene rings is 1. The van der Waals surface area contributed by atoms with E-state index in [0.29, 0.717) is 11.3 Å². The number of benzene rings is 1. The summed E-state index contributed by atoms with van der Waals surface area (Å²) < 4.78 is 0. The first-order valence-corrected chi connectivity index (χ1v) is 7.08. The number of allylic oxidation sites excluding steroid dienone is 1. The maximum Gasteiger partial charge on any atom is 0.221 e. The van der Waals surface area contributed by atoms with E-state index in [-0.39, 0.29) is 11.7 Å². The van der Waals surface area contributed by atoms with Gasteiger partial charge < -0.3 is 5.32 Å². The minimum absolute atomic E-state index is 0.0787. The van der Waals surface area contributed by atoms with Gasteiger partial charge >= 0.3 is 0 Å². The number of hydrogen-bond donors (Lipinski definition) is 1. The molecule has 0 aliphatic rings. The van der Waals surface area contributed by atoms with Crippen molar-refractivity contribution < 1.29 is 9.59 Å². The molecule has 0 aliphatic heterocycles. The molecule has 0 radical (unpaired) electrons. The summed E-state index contributed by atoms with van der Waals surface area (Å²) in [7, 11) is 0. The lowest BCUT2D eigenvalue weighted by atomic mass is 10.1. The predicted molar refractivity (Wildman–Crippen MR) is 83.2 cm³/mol. The summed E-state index contributed by atoms with van der Waals surface area (Å²) >= 11 is 1.60. The van der Waals surface area contributed by atoms with Crippen LogP contribution in [0.15, 0.2) is 41.8 Å². The highest BCUT2D eigenvalue weighted by atomic mass is 32.1. The molecular formula is C16H15NO2S. The number of ketones is 1. The van der Waals surface area contributed by atoms with Crippen molar-refractivity contribution in [2.75, 3.05) is 5.32 Å². The van der Waals surface area contributed by atoms with E-state index >= 15 is 0 Å². The first-order chi connectivity index (χ1) is 9.56. The molecule has 0 fully saturated rings. The van der Waals surface area contributed by atoms with Crippen LogP contribution in [0.1, 0.15) is 27.7 Å². The minimum atomic E-state index is -0.153. The zero-order chi connectivity index (χ0) is 14.5. The monoisotopic (exact) mass is 285 g/mol. The van der Waals surface area contributed by atoms with Crippen LogP contribution in [-0.4, -0.2) is 11.7 Å². The summed E-state index contributed by atoms with van der Waals surface area (Å²) in [4.78, 5) is 24.2. The van der Waals surface area contributed by atoms with E-state index in [2.05, 4.69) is 5.32 Å². The fraction of sp³-hybridized carbons (Fsp3) is 0.125. The van der Waals surface area contributed by atoms with Gasteiger partial charge in [-0.05, 0) is 48.2 Å². The van der Waals surface area contributed by atoms with E-state index in [0.717, 1.165) is 10.4 Å². The van der Waals surface area contributed by atoms with Crippen molar-refractivity contribution >= 4 is 34.8 Å². The van der Waals surface area contributed by atoms with Crippen LogP contribution < -0.4 is 5.32 Å². The van der Waals surface area contributed by atoms with Gasteiger partial charge in [0.15, 0.2) is 5.78 Å². The Kier molecular flexibility index (Phi) is 4.48. The lowest BCUT2D eigenvalue weighted by molar-refractivity contribution is -0.114. The van der Waals surface area contributed by atoms with E-state index in [9.17, 15) is 9.59 Å². The van der Waals surface area contributed by atoms with E-state index < -0.39 is 0 Å². The molecule has 2 rings (SSSR count). The van der Waals surface area contributed by atoms with Gasteiger partial charge in [-0.2, -0.15) is 0 Å². The molecule has 0 saturated heterocycles. The molecule has 1 amide bonds. The van der Waals surface area contributed by atoms with E-state index in [4.69, 9.17) is 0 Å². The van der Waals surface area contributed by atoms with Gasteiger partial charge in [0.1, 0.15) is 0 Å². The Hall–Kier alpha value is -2.20. The van der Waals surface area contributed by atoms with Crippen LogP contribution in [0.2, 0.25) is 0 Å². The van der Waals surface area contributed by atoms with Gasteiger partial charge in [0.25, 0.3) is 0 Å². The van der Waals surface area contributed by atoms with E-state index in [1.165, 1.54) is 6.92 Å². The largest absolute Gasteiger partial charge is 0.326 e. The van der Waals surface area contributed by atoms with Crippen LogP contribution in [0.3, 0.4) is 0 Å². The van der Waals surface area contributed by atoms with Crippen molar-refractivity contribution in [3.63, 3.8) is 0 Å². The average Bonchev–Trinajstić information content (AvgIpc) is 2.81. The highest BCUT2D eigenvalue weighted by Crippen LogP contribution is 2.18. The van der Waals surface area contributed by atoms with Gasteiger partial charge in [-0.1, -0.05) is 12.1 Å². The number of aryl methyl sites for hydroxylation is 1. The molecule has 0 spiro atoms. The summed E-state index contributed by atoms with van der Waals surface area (Å²) in [5.74, 6) is -0.232. The summed E-state index contributed by atoms with van der Waals surface area (Å²) in [6.07, 6.45) is 3.39. The van der Waals surface area contributed by atoms with Gasteiger partial charge in [0, 0.05) is 23.1 Å². The Morgan fingerprint density at radius 1 is 1.25 bits per heavy atom. The Bertz CT molecular complexity index is 671. The van der Waals surface area contributed by atoms with Crippen LogP contribution >= 0.6 is 11.3 Å². The van der Waals surface area contributed by atoms with Gasteiger partial charge in [-0.3, -0.25) is 9.59 Å². The second kappa shape index (κ2) is 6.30. The molecule has 1 N–H and O–H groups in total. The normalized spacial score (nSPS) is 10.7. The third kappa shape index (κ3) is 3.65. The first-order valence-electron chi connectivity index (χ1n) is 6.20. The van der Waals surface area contributed by atoms with Crippen LogP contribution in [0.25, 0.3) is 6.08 Å². The van der Waals surface area contributed by atoms with Gasteiger partial charge in [-0.25, -0.2) is 0 Å². The number of anilines is 1. The molecule has 1 aromatic carbocycles. The summed E-state index contributed by atoms with van der Waals surface area (Å²) in [6, 6.07) is 8.94. The maximum atomic E-state index is 12.1. The molecule has 0 unspecified atom stereocenters. The van der Waals surface area contributed by atoms with E-state index in [1.54, 1.807) is 41.7 Å². The Morgan fingerprint density at radius 3 is 2.70 bits per heavy atom. The van der Waals surface area contributed by atoms with Crippen molar-refractivity contribution in [1.29, 1.82) is 0 Å². The number of amides is 1. The fourth-order valence-corrected chi connectivity index (χ4v) is 2.58. The predicted octanol–water partition coefficient (Wildman–Crippen LogP) is 3.91. The molecular weight excluding hydrogens is 270 g/mol. The molecule has 0 atom stereocenters. The zero-order valence-electron chi connectivity index (χ0n) is 11.3. The summed E-state index contributed by atoms with van der Waals surface area (Å²) in [5, 5.41) is 4.66. The van der Waals surface area contributed by atoms with Crippen molar-refractivity contribution in [3.05, 3.63) is 57.8 Å². The van der Waals surface area contributed by atoms with Crippen molar-refractivity contribution in [3.8, 4) is 0 Å². The van der Waals surface area contributed by atoms with Crippen molar-refractivity contribution in [2.24, 2.45) is 0 Å². The summed E-state index contributed by atoms with van der Waals surface area (Å²) in [5.41, 5.74) is 2.34. The Balaban J connectivity index is 2.15. The molecule has 2 aromatic rings. The number of hydrogen-bond acceptors (Lipinski definition) is 3. The van der Waals surface area contributed by atoms with Crippen molar-refractivity contribution in [1.82, 2.24) is 0 Å². The zero-order valence-corrected chi connectivity index (χ0v) is 12.2. The molecule has 0 saturated carbocycles. The second-order valence-corrected chi connectivity index (χ2v) is 5.38. The van der Waals surface area contributed by atoms with Gasteiger partial charge in [0.05, 0.1) is 0 Å². The lowest BCUT2D eigenvalue weighted by Crippen LogP contribution is -2.06. The topological polar surface area (TPSA) is 46.2 Å². The molecule has 0 bridgehead atoms. The number of carbonyl (C=O) groups is 2. The molecule has 1 heterocycles. The quantitative estimate of drug-likeness (QED) is 0.684. The standard InChI is InChI=1S/C16H15NO2S/c1-11-8-9-20-16(11)7-6-15(19)13-4-3-5-14(10-13)17-12(2)18/h3-10H,1-2H3,(H,17,18). The molecule has 3 nitrogen and oxygen atoms in total. The number of rotatable bonds is 4. The highest BCUT2D eigenvalue weighted by molar-refractivity contribution is 7.11. The SMILES string of the molecule is CC(=O)Nc1cccc(C(=O)C=Cc2sccc2C)c1. The maximum absolute atomic E-state index is 12.1. The molecule has 4 heteroatoms. The first kappa shape index (κ1) is 14.2. The number of carbonyl (C=O) groups excluding carboxylic acids is 2. The third-order valence-corrected chi connectivity index (χ3v) is 3.74. The lowest BCUT2D eigenvalue weighted by Gasteiger charge is -2.03. The molecule has 20 heavy (non-hydrogen) atoms. The Morgan fingerprint density at radius 2 is 2.05 bits per heavy atom. The van der Waals surface area contributed by atoms with Crippen LogP contribution in [0.4, 0.5) is 5.69 Å². The van der Waals surface area contributed by atoms with Gasteiger partial charge in [-0.15, -0.1) is 11.3 Å². The average molecular weight is 285 g/mol. The Labute approximate surface area is 122 Å². The third-order valence-electron chi connectivity index (χ3n) is 2.76. The molecule has 102 valence electrons. The minimum Gasteiger partial charge on any atom is -0.326 e. The molecule has 0 aliphatic carbocycles. The smallest absolute Gasteiger partial charge is 0.221 e. The second-order valence-electron chi connectivity index (χ2n) is 4.43. The highest BCUT2D eigenvalue weighted by Gasteiger charge is 2.04. The fourth-order valence-electron chi connectivity index (χ4n) is 1.76. The molecule has 1 aromatic heterocycles. The van der Waals surface area contributed by atoms with E-state index in [1.807, 2.05) is 24.4 Å². The van der Waals surface area contributed by atoms with Crippen LogP contribution in [-0.2, 0) is 4.79 Å². The van der Waals surface area contributed by atoms with Crippen LogP contribution in [0.5, 0.6) is 0 Å². The van der Waals surface area contributed by atoms with Gasteiger partial charge in [0.2, 0.25) is 5.91 Å².